The first-order valence-electron chi connectivity index (χ1n) is 3.73. The number of alkyl halides is 3. The Labute approximate surface area is 80.0 Å². The van der Waals surface area contributed by atoms with Crippen LogP contribution in [0.3, 0.4) is 0 Å². The van der Waals surface area contributed by atoms with E-state index >= 15 is 0 Å². The zero-order chi connectivity index (χ0) is 11.0. The summed E-state index contributed by atoms with van der Waals surface area (Å²) in [6.45, 7) is 0. The first-order chi connectivity index (χ1) is 6.21. The third kappa shape index (κ3) is 2.60. The zero-order valence-corrected chi connectivity index (χ0v) is 8.11. The molecule has 1 radical (unpaired) electrons. The summed E-state index contributed by atoms with van der Waals surface area (Å²) >= 11 is 0. The average molecular weight is 225 g/mol. The lowest BCUT2D eigenvalue weighted by molar-refractivity contribution is -0.0885. The lowest BCUT2D eigenvalue weighted by Gasteiger charge is -2.14. The zero-order valence-electron chi connectivity index (χ0n) is 7.30. The first-order valence-corrected chi connectivity index (χ1v) is 5.63. The molecule has 1 aliphatic rings. The van der Waals surface area contributed by atoms with Gasteiger partial charge in [0.2, 0.25) is 0 Å². The molecule has 0 amide bonds. The summed E-state index contributed by atoms with van der Waals surface area (Å²) in [5.74, 6) is 0. The predicted octanol–water partition coefficient (Wildman–Crippen LogP) is 2.01. The highest BCUT2D eigenvalue weighted by Gasteiger charge is 2.34. The van der Waals surface area contributed by atoms with Crippen molar-refractivity contribution in [3.05, 3.63) is 29.1 Å². The summed E-state index contributed by atoms with van der Waals surface area (Å²) in [6, 6.07) is 0. The second kappa shape index (κ2) is 3.42. The van der Waals surface area contributed by atoms with Crippen LogP contribution in [0.1, 0.15) is 6.42 Å². The molecule has 2 nitrogen and oxygen atoms in total. The molecule has 0 atom stereocenters. The number of hydrogen-bond acceptors (Lipinski definition) is 2. The van der Waals surface area contributed by atoms with Gasteiger partial charge < -0.3 is 0 Å². The van der Waals surface area contributed by atoms with E-state index in [2.05, 4.69) is 0 Å². The van der Waals surface area contributed by atoms with Crippen molar-refractivity contribution in [1.29, 1.82) is 0 Å². The Morgan fingerprint density at radius 1 is 1.36 bits per heavy atom. The fourth-order valence-electron chi connectivity index (χ4n) is 1.03. The second-order valence-corrected chi connectivity index (χ2v) is 4.93. The Hall–Kier alpha value is -0.780. The fourth-order valence-corrected chi connectivity index (χ4v) is 1.77. The van der Waals surface area contributed by atoms with Gasteiger partial charge in [-0.3, -0.25) is 0 Å². The van der Waals surface area contributed by atoms with E-state index in [1.165, 1.54) is 6.42 Å². The quantitative estimate of drug-likeness (QED) is 0.684. The molecule has 0 N–H and O–H groups in total. The Morgan fingerprint density at radius 3 is 2.36 bits per heavy atom. The van der Waals surface area contributed by atoms with Crippen LogP contribution in [0.4, 0.5) is 13.2 Å². The van der Waals surface area contributed by atoms with Crippen LogP contribution < -0.4 is 0 Å². The lowest BCUT2D eigenvalue weighted by Crippen LogP contribution is -2.15. The summed E-state index contributed by atoms with van der Waals surface area (Å²) in [7, 11) is -3.55. The van der Waals surface area contributed by atoms with Crippen molar-refractivity contribution in [3.63, 3.8) is 0 Å². The van der Waals surface area contributed by atoms with Crippen molar-refractivity contribution >= 4 is 9.84 Å². The molecule has 0 bridgehead atoms. The van der Waals surface area contributed by atoms with Gasteiger partial charge >= 0.3 is 6.18 Å². The summed E-state index contributed by atoms with van der Waals surface area (Å²) in [5.41, 5.74) is -0.902. The van der Waals surface area contributed by atoms with Crippen molar-refractivity contribution in [2.45, 2.75) is 12.6 Å². The van der Waals surface area contributed by atoms with Crippen LogP contribution in [0.15, 0.2) is 22.6 Å². The van der Waals surface area contributed by atoms with Crippen LogP contribution in [0.25, 0.3) is 0 Å². The number of hydrogen-bond donors (Lipinski definition) is 0. The maximum absolute atomic E-state index is 12.2. The van der Waals surface area contributed by atoms with Crippen LogP contribution in [0, 0.1) is 6.42 Å². The largest absolute Gasteiger partial charge is 0.416 e. The van der Waals surface area contributed by atoms with Crippen LogP contribution in [-0.2, 0) is 9.84 Å². The molecule has 6 heteroatoms. The van der Waals surface area contributed by atoms with Gasteiger partial charge in [0.15, 0.2) is 9.84 Å². The highest BCUT2D eigenvalue weighted by Crippen LogP contribution is 2.32. The van der Waals surface area contributed by atoms with Gasteiger partial charge in [0, 0.05) is 17.6 Å². The monoisotopic (exact) mass is 225 g/mol. The van der Waals surface area contributed by atoms with E-state index in [9.17, 15) is 21.6 Å². The molecule has 79 valence electrons. The molecule has 0 aromatic heterocycles. The van der Waals surface area contributed by atoms with Crippen molar-refractivity contribution in [1.82, 2.24) is 0 Å². The van der Waals surface area contributed by atoms with Gasteiger partial charge in [0.1, 0.15) is 0 Å². The van der Waals surface area contributed by atoms with E-state index in [0.29, 0.717) is 6.08 Å². The summed E-state index contributed by atoms with van der Waals surface area (Å²) in [4.78, 5) is -0.271. The number of rotatable bonds is 1. The van der Waals surface area contributed by atoms with Crippen molar-refractivity contribution in [2.24, 2.45) is 0 Å². The van der Waals surface area contributed by atoms with Crippen molar-refractivity contribution < 1.29 is 21.6 Å². The molecule has 0 saturated heterocycles. The van der Waals surface area contributed by atoms with E-state index in [0.717, 1.165) is 12.3 Å². The molecule has 1 rings (SSSR count). The highest BCUT2D eigenvalue weighted by molar-refractivity contribution is 7.94. The normalized spacial score (nSPS) is 18.9. The van der Waals surface area contributed by atoms with Gasteiger partial charge in [0.05, 0.1) is 5.57 Å². The summed E-state index contributed by atoms with van der Waals surface area (Å²) in [5, 5.41) is 0. The molecule has 0 saturated carbocycles. The standard InChI is InChI=1S/C8H8F3O2S/c1-14(12,13)7-4-2-3-6(5-7)8(9,10)11/h3-5H,2H2,1H3. The Balaban J connectivity index is 3.07. The first kappa shape index (κ1) is 11.3. The lowest BCUT2D eigenvalue weighted by atomic mass is 10.1. The second-order valence-electron chi connectivity index (χ2n) is 2.92. The van der Waals surface area contributed by atoms with E-state index in [1.54, 1.807) is 0 Å². The Morgan fingerprint density at radius 2 is 1.93 bits per heavy atom. The summed E-state index contributed by atoms with van der Waals surface area (Å²) < 4.78 is 58.5. The molecular weight excluding hydrogens is 217 g/mol. The maximum Gasteiger partial charge on any atom is 0.416 e. The van der Waals surface area contributed by atoms with E-state index in [-0.39, 0.29) is 11.3 Å². The molecule has 0 aliphatic heterocycles. The Kier molecular flexibility index (Phi) is 2.76. The topological polar surface area (TPSA) is 34.1 Å². The third-order valence-corrected chi connectivity index (χ3v) is 2.85. The summed E-state index contributed by atoms with van der Waals surface area (Å²) in [6.07, 6.45) is -0.745. The molecule has 1 aliphatic carbocycles. The molecule has 0 aromatic carbocycles. The minimum atomic E-state index is -4.48. The van der Waals surface area contributed by atoms with E-state index in [4.69, 9.17) is 0 Å². The molecule has 0 unspecified atom stereocenters. The third-order valence-electron chi connectivity index (χ3n) is 1.71. The SMILES string of the molecule is CS(=O)(=O)C1=CC(C(F)(F)F)=CC[CH]1. The molecule has 0 heterocycles. The average Bonchev–Trinajstić information content (AvgIpc) is 2.01. The van der Waals surface area contributed by atoms with Crippen molar-refractivity contribution in [3.8, 4) is 0 Å². The molecule has 0 spiro atoms. The smallest absolute Gasteiger partial charge is 0.224 e. The number of halogens is 3. The van der Waals surface area contributed by atoms with E-state index in [1.807, 2.05) is 0 Å². The number of allylic oxidation sites excluding steroid dienone is 4. The van der Waals surface area contributed by atoms with Crippen LogP contribution in [-0.4, -0.2) is 20.8 Å². The van der Waals surface area contributed by atoms with Gasteiger partial charge in [0.25, 0.3) is 0 Å². The van der Waals surface area contributed by atoms with Crippen LogP contribution in [0.5, 0.6) is 0 Å². The van der Waals surface area contributed by atoms with Gasteiger partial charge in [-0.25, -0.2) is 8.42 Å². The number of sulfone groups is 1. The van der Waals surface area contributed by atoms with Gasteiger partial charge in [-0.15, -0.1) is 0 Å². The van der Waals surface area contributed by atoms with Crippen LogP contribution in [0.2, 0.25) is 0 Å². The molecule has 0 fully saturated rings. The Bertz CT molecular complexity index is 387. The van der Waals surface area contributed by atoms with Crippen LogP contribution >= 0.6 is 0 Å². The predicted molar refractivity (Wildman–Crippen MR) is 46.0 cm³/mol. The fraction of sp³-hybridized carbons (Fsp3) is 0.375. The van der Waals surface area contributed by atoms with Crippen molar-refractivity contribution in [2.75, 3.05) is 6.26 Å². The highest BCUT2D eigenvalue weighted by atomic mass is 32.2. The molecule has 0 aromatic rings. The molecule has 14 heavy (non-hydrogen) atoms. The van der Waals surface area contributed by atoms with Gasteiger partial charge in [-0.1, -0.05) is 6.08 Å². The van der Waals surface area contributed by atoms with Gasteiger partial charge in [-0.05, 0) is 12.5 Å². The van der Waals surface area contributed by atoms with E-state index < -0.39 is 21.6 Å². The van der Waals surface area contributed by atoms with Gasteiger partial charge in [-0.2, -0.15) is 13.2 Å². The molecular formula is C8H8F3O2S. The minimum absolute atomic E-state index is 0.00620. The minimum Gasteiger partial charge on any atom is -0.224 e. The maximum atomic E-state index is 12.2.